The SMILES string of the molecule is C[C@H](C[C@@H](O)c1ccco1)NC(=O)Nc1ccc(OC(F)F)cc1. The molecule has 3 N–H and O–H groups in total. The Balaban J connectivity index is 1.79. The van der Waals surface area contributed by atoms with E-state index in [0.717, 1.165) is 0 Å². The Kier molecular flexibility index (Phi) is 6.14. The molecule has 0 spiro atoms. The molecule has 2 aromatic rings. The fourth-order valence-corrected chi connectivity index (χ4v) is 2.10. The summed E-state index contributed by atoms with van der Waals surface area (Å²) in [5, 5.41) is 15.2. The molecule has 6 nitrogen and oxygen atoms in total. The number of hydrogen-bond donors (Lipinski definition) is 3. The zero-order valence-corrected chi connectivity index (χ0v) is 12.9. The molecule has 0 radical (unpaired) electrons. The van der Waals surface area contributed by atoms with Crippen molar-refractivity contribution in [2.75, 3.05) is 5.32 Å². The molecule has 0 aliphatic rings. The van der Waals surface area contributed by atoms with Crippen molar-refractivity contribution < 1.29 is 27.8 Å². The van der Waals surface area contributed by atoms with E-state index in [4.69, 9.17) is 4.42 Å². The van der Waals surface area contributed by atoms with Crippen LogP contribution in [0.25, 0.3) is 0 Å². The summed E-state index contributed by atoms with van der Waals surface area (Å²) in [6, 6.07) is 8.07. The zero-order valence-electron chi connectivity index (χ0n) is 12.9. The smallest absolute Gasteiger partial charge is 0.387 e. The van der Waals surface area contributed by atoms with Crippen LogP contribution in [-0.4, -0.2) is 23.8 Å². The molecule has 0 unspecified atom stereocenters. The predicted octanol–water partition coefficient (Wildman–Crippen LogP) is 3.51. The van der Waals surface area contributed by atoms with Crippen molar-refractivity contribution in [2.45, 2.75) is 32.1 Å². The topological polar surface area (TPSA) is 83.7 Å². The average Bonchev–Trinajstić information content (AvgIpc) is 3.02. The third kappa shape index (κ3) is 5.54. The fraction of sp³-hybridized carbons (Fsp3) is 0.312. The van der Waals surface area contributed by atoms with Crippen LogP contribution >= 0.6 is 0 Å². The van der Waals surface area contributed by atoms with Crippen molar-refractivity contribution in [2.24, 2.45) is 0 Å². The summed E-state index contributed by atoms with van der Waals surface area (Å²) in [6.07, 6.45) is 0.924. The van der Waals surface area contributed by atoms with Gasteiger partial charge in [0, 0.05) is 18.2 Å². The van der Waals surface area contributed by atoms with Crippen LogP contribution < -0.4 is 15.4 Å². The van der Waals surface area contributed by atoms with Gasteiger partial charge in [-0.1, -0.05) is 0 Å². The fourth-order valence-electron chi connectivity index (χ4n) is 2.10. The summed E-state index contributed by atoms with van der Waals surface area (Å²) in [4.78, 5) is 11.9. The number of halogens is 2. The van der Waals surface area contributed by atoms with Crippen molar-refractivity contribution in [3.63, 3.8) is 0 Å². The third-order valence-electron chi connectivity index (χ3n) is 3.16. The summed E-state index contributed by atoms with van der Waals surface area (Å²) in [5.41, 5.74) is 0.424. The molecular weight excluding hydrogens is 322 g/mol. The lowest BCUT2D eigenvalue weighted by atomic mass is 10.1. The number of aliphatic hydroxyl groups excluding tert-OH is 1. The molecule has 0 saturated heterocycles. The first-order chi connectivity index (χ1) is 11.4. The van der Waals surface area contributed by atoms with Crippen LogP contribution in [0.1, 0.15) is 25.2 Å². The van der Waals surface area contributed by atoms with E-state index in [0.29, 0.717) is 11.4 Å². The lowest BCUT2D eigenvalue weighted by Crippen LogP contribution is -2.37. The number of ether oxygens (including phenoxy) is 1. The Bertz CT molecular complexity index is 632. The van der Waals surface area contributed by atoms with Crippen LogP contribution in [0.3, 0.4) is 0 Å². The number of urea groups is 1. The highest BCUT2D eigenvalue weighted by atomic mass is 19.3. The lowest BCUT2D eigenvalue weighted by molar-refractivity contribution is -0.0498. The minimum Gasteiger partial charge on any atom is -0.467 e. The van der Waals surface area contributed by atoms with Crippen molar-refractivity contribution in [3.05, 3.63) is 48.4 Å². The molecule has 0 aliphatic carbocycles. The maximum absolute atomic E-state index is 12.1. The molecule has 2 amide bonds. The second-order valence-electron chi connectivity index (χ2n) is 5.17. The Morgan fingerprint density at radius 1 is 1.29 bits per heavy atom. The van der Waals surface area contributed by atoms with Gasteiger partial charge in [-0.3, -0.25) is 0 Å². The highest BCUT2D eigenvalue weighted by Gasteiger charge is 2.16. The van der Waals surface area contributed by atoms with Crippen LogP contribution in [0, 0.1) is 0 Å². The summed E-state index contributed by atoms with van der Waals surface area (Å²) in [6.45, 7) is -1.15. The monoisotopic (exact) mass is 340 g/mol. The van der Waals surface area contributed by atoms with Gasteiger partial charge in [-0.15, -0.1) is 0 Å². The van der Waals surface area contributed by atoms with Gasteiger partial charge >= 0.3 is 12.6 Å². The lowest BCUT2D eigenvalue weighted by Gasteiger charge is -2.17. The maximum Gasteiger partial charge on any atom is 0.387 e. The van der Waals surface area contributed by atoms with Gasteiger partial charge in [0.05, 0.1) is 6.26 Å². The largest absolute Gasteiger partial charge is 0.467 e. The maximum atomic E-state index is 12.1. The summed E-state index contributed by atoms with van der Waals surface area (Å²) in [5.74, 6) is 0.435. The first-order valence-corrected chi connectivity index (χ1v) is 7.28. The van der Waals surface area contributed by atoms with E-state index in [2.05, 4.69) is 15.4 Å². The molecule has 0 bridgehead atoms. The number of aliphatic hydroxyl groups is 1. The van der Waals surface area contributed by atoms with E-state index in [1.807, 2.05) is 0 Å². The van der Waals surface area contributed by atoms with E-state index in [1.165, 1.54) is 30.5 Å². The Labute approximate surface area is 137 Å². The number of nitrogens with one attached hydrogen (secondary N) is 2. The number of rotatable bonds is 7. The Hall–Kier alpha value is -2.61. The molecule has 0 saturated carbocycles. The highest BCUT2D eigenvalue weighted by molar-refractivity contribution is 5.89. The summed E-state index contributed by atoms with van der Waals surface area (Å²) in [7, 11) is 0. The molecule has 1 aromatic carbocycles. The van der Waals surface area contributed by atoms with Gasteiger partial charge in [0.25, 0.3) is 0 Å². The van der Waals surface area contributed by atoms with Crippen LogP contribution in [-0.2, 0) is 0 Å². The van der Waals surface area contributed by atoms with Gasteiger partial charge in [0.2, 0.25) is 0 Å². The standard InChI is InChI=1S/C16H18F2N2O4/c1-10(9-13(21)14-3-2-8-23-14)19-16(22)20-11-4-6-12(7-5-11)24-15(17)18/h2-8,10,13,15,21H,9H2,1H3,(H2,19,20,22)/t10-,13-/m1/s1. The van der Waals surface area contributed by atoms with Gasteiger partial charge < -0.3 is 24.9 Å². The Morgan fingerprint density at radius 2 is 2.00 bits per heavy atom. The van der Waals surface area contributed by atoms with Crippen molar-refractivity contribution in [1.29, 1.82) is 0 Å². The van der Waals surface area contributed by atoms with Crippen LogP contribution in [0.5, 0.6) is 5.75 Å². The minimum absolute atomic E-state index is 0.00546. The number of carbonyl (C=O) groups is 1. The van der Waals surface area contributed by atoms with Gasteiger partial charge in [-0.25, -0.2) is 4.79 Å². The van der Waals surface area contributed by atoms with E-state index in [9.17, 15) is 18.7 Å². The first kappa shape index (κ1) is 17.7. The second-order valence-corrected chi connectivity index (χ2v) is 5.17. The van der Waals surface area contributed by atoms with Gasteiger partial charge in [0.15, 0.2) is 0 Å². The van der Waals surface area contributed by atoms with E-state index in [-0.39, 0.29) is 18.2 Å². The molecule has 130 valence electrons. The number of anilines is 1. The number of carbonyl (C=O) groups excluding carboxylic acids is 1. The molecule has 0 fully saturated rings. The molecule has 1 heterocycles. The molecule has 2 atom stereocenters. The number of hydrogen-bond acceptors (Lipinski definition) is 4. The normalized spacial score (nSPS) is 13.4. The first-order valence-electron chi connectivity index (χ1n) is 7.28. The van der Waals surface area contributed by atoms with Gasteiger partial charge in [-0.2, -0.15) is 8.78 Å². The zero-order chi connectivity index (χ0) is 17.5. The Morgan fingerprint density at radius 3 is 2.58 bits per heavy atom. The molecule has 24 heavy (non-hydrogen) atoms. The number of benzene rings is 1. The van der Waals surface area contributed by atoms with E-state index < -0.39 is 18.7 Å². The van der Waals surface area contributed by atoms with Gasteiger partial charge in [0.1, 0.15) is 17.6 Å². The van der Waals surface area contributed by atoms with Crippen molar-refractivity contribution in [3.8, 4) is 5.75 Å². The van der Waals surface area contributed by atoms with Crippen LogP contribution in [0.4, 0.5) is 19.3 Å². The van der Waals surface area contributed by atoms with Crippen LogP contribution in [0.15, 0.2) is 47.1 Å². The molecule has 1 aromatic heterocycles. The molecule has 8 heteroatoms. The molecule has 0 aliphatic heterocycles. The van der Waals surface area contributed by atoms with Crippen LogP contribution in [0.2, 0.25) is 0 Å². The minimum atomic E-state index is -2.89. The number of amides is 2. The predicted molar refractivity (Wildman–Crippen MR) is 83.0 cm³/mol. The average molecular weight is 340 g/mol. The molecular formula is C16H18F2N2O4. The molecule has 2 rings (SSSR count). The quantitative estimate of drug-likeness (QED) is 0.720. The van der Waals surface area contributed by atoms with Gasteiger partial charge in [-0.05, 0) is 43.3 Å². The number of alkyl halides is 2. The van der Waals surface area contributed by atoms with E-state index >= 15 is 0 Å². The third-order valence-corrected chi connectivity index (χ3v) is 3.16. The van der Waals surface area contributed by atoms with Crippen molar-refractivity contribution >= 4 is 11.7 Å². The highest BCUT2D eigenvalue weighted by Crippen LogP contribution is 2.19. The number of furan rings is 1. The van der Waals surface area contributed by atoms with Crippen molar-refractivity contribution in [1.82, 2.24) is 5.32 Å². The second kappa shape index (κ2) is 8.30. The summed E-state index contributed by atoms with van der Waals surface area (Å²) < 4.78 is 33.4. The summed E-state index contributed by atoms with van der Waals surface area (Å²) >= 11 is 0. The van der Waals surface area contributed by atoms with E-state index in [1.54, 1.807) is 19.1 Å².